The molecule has 2 aromatic rings. The summed E-state index contributed by atoms with van der Waals surface area (Å²) >= 11 is 3.53. The lowest BCUT2D eigenvalue weighted by molar-refractivity contribution is 0.475. The van der Waals surface area contributed by atoms with Crippen molar-refractivity contribution in [1.82, 2.24) is 0 Å². The predicted molar refractivity (Wildman–Crippen MR) is 73.4 cm³/mol. The largest absolute Gasteiger partial charge is 0.508 e. The summed E-state index contributed by atoms with van der Waals surface area (Å²) in [6, 6.07) is 12.0. The Hall–Kier alpha value is -1.28. The molecule has 0 saturated carbocycles. The molecule has 0 bridgehead atoms. The molecule has 1 aliphatic carbocycles. The summed E-state index contributed by atoms with van der Waals surface area (Å²) in [7, 11) is 0. The van der Waals surface area contributed by atoms with Crippen molar-refractivity contribution in [1.29, 1.82) is 0 Å². The highest BCUT2D eigenvalue weighted by atomic mass is 79.9. The van der Waals surface area contributed by atoms with Gasteiger partial charge >= 0.3 is 0 Å². The van der Waals surface area contributed by atoms with Crippen LogP contribution in [0.3, 0.4) is 0 Å². The SMILES string of the molecule is CC1(C)c2ccc(O)cc2-c2ccc(Br)cc21. The van der Waals surface area contributed by atoms with Crippen LogP contribution < -0.4 is 0 Å². The van der Waals surface area contributed by atoms with Crippen LogP contribution in [0.25, 0.3) is 11.1 Å². The highest BCUT2D eigenvalue weighted by Gasteiger charge is 2.35. The summed E-state index contributed by atoms with van der Waals surface area (Å²) in [6.07, 6.45) is 0. The Labute approximate surface area is 109 Å². The third-order valence-corrected chi connectivity index (χ3v) is 4.11. The van der Waals surface area contributed by atoms with E-state index in [1.165, 1.54) is 16.7 Å². The molecule has 3 rings (SSSR count). The number of hydrogen-bond acceptors (Lipinski definition) is 1. The zero-order valence-electron chi connectivity index (χ0n) is 9.79. The van der Waals surface area contributed by atoms with E-state index in [2.05, 4.69) is 41.9 Å². The van der Waals surface area contributed by atoms with Crippen LogP contribution in [0.5, 0.6) is 5.75 Å². The number of phenols is 1. The number of rotatable bonds is 0. The average Bonchev–Trinajstić information content (AvgIpc) is 2.48. The van der Waals surface area contributed by atoms with E-state index in [1.807, 2.05) is 18.2 Å². The highest BCUT2D eigenvalue weighted by molar-refractivity contribution is 9.10. The molecule has 0 spiro atoms. The first-order valence-corrected chi connectivity index (χ1v) is 6.43. The van der Waals surface area contributed by atoms with Gasteiger partial charge in [-0.15, -0.1) is 0 Å². The Morgan fingerprint density at radius 1 is 0.941 bits per heavy atom. The van der Waals surface area contributed by atoms with E-state index >= 15 is 0 Å². The zero-order valence-corrected chi connectivity index (χ0v) is 11.4. The minimum Gasteiger partial charge on any atom is -0.508 e. The van der Waals surface area contributed by atoms with Crippen molar-refractivity contribution >= 4 is 15.9 Å². The van der Waals surface area contributed by atoms with Crippen molar-refractivity contribution in [2.75, 3.05) is 0 Å². The minimum absolute atomic E-state index is 0.00213. The van der Waals surface area contributed by atoms with E-state index in [9.17, 15) is 5.11 Å². The zero-order chi connectivity index (χ0) is 12.2. The van der Waals surface area contributed by atoms with Crippen LogP contribution >= 0.6 is 15.9 Å². The molecule has 0 unspecified atom stereocenters. The van der Waals surface area contributed by atoms with Gasteiger partial charge in [-0.2, -0.15) is 0 Å². The van der Waals surface area contributed by atoms with Gasteiger partial charge in [0.05, 0.1) is 0 Å². The third kappa shape index (κ3) is 1.44. The van der Waals surface area contributed by atoms with Gasteiger partial charge in [-0.3, -0.25) is 0 Å². The van der Waals surface area contributed by atoms with Gasteiger partial charge in [0.1, 0.15) is 5.75 Å². The quantitative estimate of drug-likeness (QED) is 0.759. The van der Waals surface area contributed by atoms with Crippen LogP contribution in [-0.4, -0.2) is 5.11 Å². The lowest BCUT2D eigenvalue weighted by Crippen LogP contribution is -2.14. The van der Waals surface area contributed by atoms with Crippen molar-refractivity contribution in [3.05, 3.63) is 52.0 Å². The number of fused-ring (bicyclic) bond motifs is 3. The van der Waals surface area contributed by atoms with Crippen LogP contribution in [0.15, 0.2) is 40.9 Å². The minimum atomic E-state index is 0.00213. The Balaban J connectivity index is 2.38. The number of benzene rings is 2. The first-order chi connectivity index (χ1) is 8.00. The Bertz CT molecular complexity index is 614. The molecule has 0 saturated heterocycles. The lowest BCUT2D eigenvalue weighted by Gasteiger charge is -2.21. The number of phenolic OH excluding ortho intramolecular Hbond substituents is 1. The normalized spacial score (nSPS) is 15.5. The number of hydrogen-bond donors (Lipinski definition) is 1. The van der Waals surface area contributed by atoms with Crippen LogP contribution in [0.1, 0.15) is 25.0 Å². The smallest absolute Gasteiger partial charge is 0.116 e. The molecule has 2 aromatic carbocycles. The van der Waals surface area contributed by atoms with Crippen LogP contribution in [0.4, 0.5) is 0 Å². The van der Waals surface area contributed by atoms with Crippen molar-refractivity contribution in [2.45, 2.75) is 19.3 Å². The molecule has 0 fully saturated rings. The lowest BCUT2D eigenvalue weighted by atomic mass is 9.82. The monoisotopic (exact) mass is 288 g/mol. The molecule has 0 aromatic heterocycles. The molecule has 0 atom stereocenters. The maximum absolute atomic E-state index is 9.64. The summed E-state index contributed by atoms with van der Waals surface area (Å²) in [4.78, 5) is 0. The summed E-state index contributed by atoms with van der Waals surface area (Å²) in [5.41, 5.74) is 4.97. The van der Waals surface area contributed by atoms with Gasteiger partial charge in [0.15, 0.2) is 0 Å². The average molecular weight is 289 g/mol. The molecule has 2 heteroatoms. The molecule has 0 radical (unpaired) electrons. The van der Waals surface area contributed by atoms with E-state index in [-0.39, 0.29) is 5.41 Å². The highest BCUT2D eigenvalue weighted by Crippen LogP contribution is 2.49. The second kappa shape index (κ2) is 3.36. The van der Waals surface area contributed by atoms with Crippen molar-refractivity contribution in [3.8, 4) is 16.9 Å². The molecule has 1 N–H and O–H groups in total. The van der Waals surface area contributed by atoms with Crippen molar-refractivity contribution in [3.63, 3.8) is 0 Å². The fraction of sp³-hybridized carbons (Fsp3) is 0.200. The first kappa shape index (κ1) is 10.8. The van der Waals surface area contributed by atoms with Crippen molar-refractivity contribution in [2.24, 2.45) is 0 Å². The van der Waals surface area contributed by atoms with Gasteiger partial charge in [0, 0.05) is 9.89 Å². The Morgan fingerprint density at radius 2 is 1.71 bits per heavy atom. The van der Waals surface area contributed by atoms with E-state index in [4.69, 9.17) is 0 Å². The maximum Gasteiger partial charge on any atom is 0.116 e. The maximum atomic E-state index is 9.64. The summed E-state index contributed by atoms with van der Waals surface area (Å²) in [6.45, 7) is 4.45. The molecule has 86 valence electrons. The van der Waals surface area contributed by atoms with Gasteiger partial charge < -0.3 is 5.11 Å². The standard InChI is InChI=1S/C15H13BrO/c1-15(2)13-6-4-10(17)8-12(13)11-5-3-9(16)7-14(11)15/h3-8,17H,1-2H3. The van der Waals surface area contributed by atoms with Gasteiger partial charge in [-0.05, 0) is 46.5 Å². The summed E-state index contributed by atoms with van der Waals surface area (Å²) in [5, 5.41) is 9.64. The van der Waals surface area contributed by atoms with Gasteiger partial charge in [0.25, 0.3) is 0 Å². The molecule has 1 nitrogen and oxygen atoms in total. The molecule has 17 heavy (non-hydrogen) atoms. The fourth-order valence-electron chi connectivity index (χ4n) is 2.71. The molecule has 0 amide bonds. The summed E-state index contributed by atoms with van der Waals surface area (Å²) in [5.74, 6) is 0.329. The molecule has 1 aliphatic rings. The molecule has 0 heterocycles. The van der Waals surface area contributed by atoms with E-state index in [0.717, 1.165) is 10.0 Å². The molecule has 0 aliphatic heterocycles. The molecular formula is C15H13BrO. The molecular weight excluding hydrogens is 276 g/mol. The van der Waals surface area contributed by atoms with Crippen LogP contribution in [0, 0.1) is 0 Å². The number of aromatic hydroxyl groups is 1. The first-order valence-electron chi connectivity index (χ1n) is 5.64. The fourth-order valence-corrected chi connectivity index (χ4v) is 3.07. The third-order valence-electron chi connectivity index (χ3n) is 3.62. The second-order valence-electron chi connectivity index (χ2n) is 5.04. The van der Waals surface area contributed by atoms with Crippen molar-refractivity contribution < 1.29 is 5.11 Å². The number of halogens is 1. The van der Waals surface area contributed by atoms with Gasteiger partial charge in [0.2, 0.25) is 0 Å². The van der Waals surface area contributed by atoms with E-state index < -0.39 is 0 Å². The van der Waals surface area contributed by atoms with Gasteiger partial charge in [-0.1, -0.05) is 41.9 Å². The van der Waals surface area contributed by atoms with E-state index in [0.29, 0.717) is 5.75 Å². The van der Waals surface area contributed by atoms with Gasteiger partial charge in [-0.25, -0.2) is 0 Å². The van der Waals surface area contributed by atoms with Crippen LogP contribution in [-0.2, 0) is 5.41 Å². The Morgan fingerprint density at radius 3 is 2.47 bits per heavy atom. The second-order valence-corrected chi connectivity index (χ2v) is 5.96. The predicted octanol–water partition coefficient (Wildman–Crippen LogP) is 4.46. The van der Waals surface area contributed by atoms with Crippen LogP contribution in [0.2, 0.25) is 0 Å². The topological polar surface area (TPSA) is 20.2 Å². The Kier molecular flexibility index (Phi) is 2.14. The van der Waals surface area contributed by atoms with E-state index in [1.54, 1.807) is 6.07 Å². The summed E-state index contributed by atoms with van der Waals surface area (Å²) < 4.78 is 1.10.